The van der Waals surface area contributed by atoms with Gasteiger partial charge in [-0.3, -0.25) is 9.69 Å². The third-order valence-corrected chi connectivity index (χ3v) is 6.25. The number of hydrogen-bond acceptors (Lipinski definition) is 3. The summed E-state index contributed by atoms with van der Waals surface area (Å²) >= 11 is 12.1. The van der Waals surface area contributed by atoms with Crippen molar-refractivity contribution in [1.82, 2.24) is 9.47 Å². The van der Waals surface area contributed by atoms with Gasteiger partial charge in [0.15, 0.2) is 0 Å². The molecule has 1 saturated carbocycles. The smallest absolute Gasteiger partial charge is 0.272 e. The van der Waals surface area contributed by atoms with Gasteiger partial charge in [0.25, 0.3) is 5.91 Å². The molecule has 1 aromatic carbocycles. The van der Waals surface area contributed by atoms with Gasteiger partial charge in [0.2, 0.25) is 0 Å². The van der Waals surface area contributed by atoms with Crippen molar-refractivity contribution < 1.29 is 4.79 Å². The third kappa shape index (κ3) is 4.26. The van der Waals surface area contributed by atoms with Gasteiger partial charge < -0.3 is 14.8 Å². The van der Waals surface area contributed by atoms with Gasteiger partial charge in [-0.15, -0.1) is 0 Å². The van der Waals surface area contributed by atoms with Crippen LogP contribution in [-0.4, -0.2) is 48.1 Å². The summed E-state index contributed by atoms with van der Waals surface area (Å²) in [7, 11) is 1.72. The maximum absolute atomic E-state index is 12.6. The summed E-state index contributed by atoms with van der Waals surface area (Å²) in [6.45, 7) is 5.51. The molecule has 2 heterocycles. The lowest BCUT2D eigenvalue weighted by Gasteiger charge is -2.36. The van der Waals surface area contributed by atoms with Crippen LogP contribution < -0.4 is 10.2 Å². The molecule has 2 aliphatic rings. The Balaban J connectivity index is 1.40. The first-order chi connectivity index (χ1) is 13.0. The SMILES string of the molecule is Cn1c(C(=O)Nc2cccc(N3CCN(CC4CC4)CC3)c2)cc(Cl)c1Cl. The van der Waals surface area contributed by atoms with Gasteiger partial charge in [-0.05, 0) is 43.0 Å². The summed E-state index contributed by atoms with van der Waals surface area (Å²) in [6.07, 6.45) is 2.80. The lowest BCUT2D eigenvalue weighted by atomic mass is 10.2. The molecule has 0 bridgehead atoms. The maximum Gasteiger partial charge on any atom is 0.272 e. The Morgan fingerprint density at radius 2 is 1.89 bits per heavy atom. The van der Waals surface area contributed by atoms with Crippen molar-refractivity contribution in [2.75, 3.05) is 42.9 Å². The molecule has 0 atom stereocenters. The lowest BCUT2D eigenvalue weighted by Crippen LogP contribution is -2.47. The van der Waals surface area contributed by atoms with Gasteiger partial charge in [0, 0.05) is 51.1 Å². The largest absolute Gasteiger partial charge is 0.369 e. The standard InChI is InChI=1S/C20H24Cl2N4O/c1-24-18(12-17(21)19(24)22)20(27)23-15-3-2-4-16(11-15)26-9-7-25(8-10-26)13-14-5-6-14/h2-4,11-12,14H,5-10,13H2,1H3,(H,23,27). The zero-order valence-electron chi connectivity index (χ0n) is 15.4. The molecule has 1 saturated heterocycles. The molecule has 1 amide bonds. The summed E-state index contributed by atoms with van der Waals surface area (Å²) in [6, 6.07) is 9.59. The number of carbonyl (C=O) groups is 1. The normalized spacial score (nSPS) is 18.0. The zero-order valence-corrected chi connectivity index (χ0v) is 16.9. The van der Waals surface area contributed by atoms with E-state index in [1.54, 1.807) is 17.7 Å². The zero-order chi connectivity index (χ0) is 19.0. The maximum atomic E-state index is 12.6. The monoisotopic (exact) mass is 406 g/mol. The molecule has 2 aromatic rings. The molecule has 0 unspecified atom stereocenters. The van der Waals surface area contributed by atoms with Crippen LogP contribution in [0.3, 0.4) is 0 Å². The van der Waals surface area contributed by atoms with Crippen molar-refractivity contribution in [2.24, 2.45) is 13.0 Å². The van der Waals surface area contributed by atoms with E-state index in [4.69, 9.17) is 23.2 Å². The number of anilines is 2. The number of carbonyl (C=O) groups excluding carboxylic acids is 1. The fourth-order valence-electron chi connectivity index (χ4n) is 3.59. The van der Waals surface area contributed by atoms with Crippen LogP contribution in [0.25, 0.3) is 0 Å². The lowest BCUT2D eigenvalue weighted by molar-refractivity contribution is 0.101. The van der Waals surface area contributed by atoms with Crippen LogP contribution in [0, 0.1) is 5.92 Å². The molecule has 5 nitrogen and oxygen atoms in total. The molecule has 1 N–H and O–H groups in total. The molecule has 7 heteroatoms. The summed E-state index contributed by atoms with van der Waals surface area (Å²) in [4.78, 5) is 17.5. The van der Waals surface area contributed by atoms with Gasteiger partial charge in [0.05, 0.1) is 5.02 Å². The van der Waals surface area contributed by atoms with E-state index < -0.39 is 0 Å². The van der Waals surface area contributed by atoms with Crippen molar-refractivity contribution in [3.63, 3.8) is 0 Å². The summed E-state index contributed by atoms with van der Waals surface area (Å²) in [5.41, 5.74) is 2.34. The van der Waals surface area contributed by atoms with E-state index in [-0.39, 0.29) is 5.91 Å². The van der Waals surface area contributed by atoms with Gasteiger partial charge in [0.1, 0.15) is 10.8 Å². The second-order valence-electron chi connectivity index (χ2n) is 7.46. The van der Waals surface area contributed by atoms with Crippen LogP contribution in [-0.2, 0) is 7.05 Å². The quantitative estimate of drug-likeness (QED) is 0.811. The fourth-order valence-corrected chi connectivity index (χ4v) is 3.97. The van der Waals surface area contributed by atoms with E-state index in [0.29, 0.717) is 15.9 Å². The Morgan fingerprint density at radius 1 is 1.15 bits per heavy atom. The molecule has 1 aliphatic carbocycles. The Hall–Kier alpha value is -1.69. The minimum atomic E-state index is -0.224. The third-order valence-electron chi connectivity index (χ3n) is 5.40. The molecule has 1 aromatic heterocycles. The molecule has 27 heavy (non-hydrogen) atoms. The summed E-state index contributed by atoms with van der Waals surface area (Å²) < 4.78 is 1.59. The van der Waals surface area contributed by atoms with E-state index in [1.807, 2.05) is 18.2 Å². The predicted molar refractivity (Wildman–Crippen MR) is 111 cm³/mol. The molecular formula is C20H24Cl2N4O. The van der Waals surface area contributed by atoms with Crippen LogP contribution >= 0.6 is 23.2 Å². The minimum Gasteiger partial charge on any atom is -0.369 e. The number of aromatic nitrogens is 1. The van der Waals surface area contributed by atoms with Crippen LogP contribution in [0.15, 0.2) is 30.3 Å². The highest BCUT2D eigenvalue weighted by molar-refractivity contribution is 6.42. The number of benzene rings is 1. The molecule has 2 fully saturated rings. The Kier molecular flexibility index (Phi) is 5.35. The van der Waals surface area contributed by atoms with E-state index >= 15 is 0 Å². The van der Waals surface area contributed by atoms with Crippen LogP contribution in [0.1, 0.15) is 23.3 Å². The molecular weight excluding hydrogens is 383 g/mol. The van der Waals surface area contributed by atoms with Crippen LogP contribution in [0.4, 0.5) is 11.4 Å². The molecule has 4 rings (SSSR count). The number of amides is 1. The average molecular weight is 407 g/mol. The second kappa shape index (κ2) is 7.74. The highest BCUT2D eigenvalue weighted by Gasteiger charge is 2.26. The topological polar surface area (TPSA) is 40.5 Å². The van der Waals surface area contributed by atoms with Gasteiger partial charge in [-0.1, -0.05) is 29.3 Å². The van der Waals surface area contributed by atoms with E-state index in [2.05, 4.69) is 21.2 Å². The first-order valence-electron chi connectivity index (χ1n) is 9.40. The molecule has 0 spiro atoms. The van der Waals surface area contributed by atoms with Crippen molar-refractivity contribution in [2.45, 2.75) is 12.8 Å². The van der Waals surface area contributed by atoms with Crippen molar-refractivity contribution in [1.29, 1.82) is 0 Å². The minimum absolute atomic E-state index is 0.224. The predicted octanol–water partition coefficient (Wildman–Crippen LogP) is 4.12. The van der Waals surface area contributed by atoms with Crippen molar-refractivity contribution in [3.05, 3.63) is 46.2 Å². The Bertz CT molecular complexity index is 839. The van der Waals surface area contributed by atoms with Gasteiger partial charge >= 0.3 is 0 Å². The number of nitrogens with zero attached hydrogens (tertiary/aromatic N) is 3. The Labute approximate surface area is 169 Å². The highest BCUT2D eigenvalue weighted by Crippen LogP contribution is 2.30. The van der Waals surface area contributed by atoms with Crippen LogP contribution in [0.2, 0.25) is 10.2 Å². The second-order valence-corrected chi connectivity index (χ2v) is 8.23. The number of piperazine rings is 1. The summed E-state index contributed by atoms with van der Waals surface area (Å²) in [5.74, 6) is 0.715. The van der Waals surface area contributed by atoms with Gasteiger partial charge in [-0.25, -0.2) is 0 Å². The van der Waals surface area contributed by atoms with Crippen molar-refractivity contribution >= 4 is 40.5 Å². The first kappa shape index (κ1) is 18.7. The first-order valence-corrected chi connectivity index (χ1v) is 10.2. The van der Waals surface area contributed by atoms with E-state index in [9.17, 15) is 4.79 Å². The van der Waals surface area contributed by atoms with Crippen molar-refractivity contribution in [3.8, 4) is 0 Å². The average Bonchev–Trinajstić information content (AvgIpc) is 3.45. The fraction of sp³-hybridized carbons (Fsp3) is 0.450. The summed E-state index contributed by atoms with van der Waals surface area (Å²) in [5, 5.41) is 3.69. The van der Waals surface area contributed by atoms with Crippen LogP contribution in [0.5, 0.6) is 0 Å². The molecule has 0 radical (unpaired) electrons. The van der Waals surface area contributed by atoms with E-state index in [0.717, 1.165) is 43.5 Å². The van der Waals surface area contributed by atoms with E-state index in [1.165, 1.54) is 19.4 Å². The van der Waals surface area contributed by atoms with Gasteiger partial charge in [-0.2, -0.15) is 0 Å². The molecule has 144 valence electrons. The number of rotatable bonds is 5. The molecule has 1 aliphatic heterocycles. The number of nitrogens with one attached hydrogen (secondary N) is 1. The highest BCUT2D eigenvalue weighted by atomic mass is 35.5. The number of hydrogen-bond donors (Lipinski definition) is 1. The Morgan fingerprint density at radius 3 is 2.52 bits per heavy atom. The number of halogens is 2.